The van der Waals surface area contributed by atoms with Crippen molar-refractivity contribution in [3.63, 3.8) is 0 Å². The van der Waals surface area contributed by atoms with Gasteiger partial charge < -0.3 is 0 Å². The van der Waals surface area contributed by atoms with E-state index in [0.717, 1.165) is 0 Å². The predicted molar refractivity (Wildman–Crippen MR) is 83.6 cm³/mol. The summed E-state index contributed by atoms with van der Waals surface area (Å²) in [5, 5.41) is 2.60. The van der Waals surface area contributed by atoms with Gasteiger partial charge >= 0.3 is 0 Å². The predicted octanol–water partition coefficient (Wildman–Crippen LogP) is 5.43. The zero-order valence-electron chi connectivity index (χ0n) is 11.7. The topological polar surface area (TPSA) is 0 Å². The first-order valence-electron chi connectivity index (χ1n) is 6.73. The maximum absolute atomic E-state index is 2.28. The molecule has 0 bridgehead atoms. The van der Waals surface area contributed by atoms with Crippen molar-refractivity contribution in [2.45, 2.75) is 20.8 Å². The zero-order valence-corrected chi connectivity index (χ0v) is 11.7. The maximum Gasteiger partial charge on any atom is -0.0152 e. The van der Waals surface area contributed by atoms with Crippen molar-refractivity contribution in [2.24, 2.45) is 0 Å². The highest BCUT2D eigenvalue weighted by Gasteiger charge is 2.06. The maximum atomic E-state index is 2.28. The van der Waals surface area contributed by atoms with Crippen molar-refractivity contribution in [3.8, 4) is 11.1 Å². The van der Waals surface area contributed by atoms with E-state index in [4.69, 9.17) is 0 Å². The van der Waals surface area contributed by atoms with Crippen molar-refractivity contribution in [2.75, 3.05) is 0 Å². The lowest BCUT2D eigenvalue weighted by Crippen LogP contribution is -1.90. The summed E-state index contributed by atoms with van der Waals surface area (Å²) >= 11 is 0. The van der Waals surface area contributed by atoms with Crippen molar-refractivity contribution in [1.82, 2.24) is 0 Å². The molecule has 0 aliphatic heterocycles. The summed E-state index contributed by atoms with van der Waals surface area (Å²) in [5.74, 6) is 0. The normalized spacial score (nSPS) is 10.9. The van der Waals surface area contributed by atoms with E-state index in [2.05, 4.69) is 75.4 Å². The highest BCUT2D eigenvalue weighted by molar-refractivity contribution is 5.87. The van der Waals surface area contributed by atoms with E-state index >= 15 is 0 Å². The lowest BCUT2D eigenvalue weighted by molar-refractivity contribution is 1.27. The molecule has 19 heavy (non-hydrogen) atoms. The molecule has 0 heteroatoms. The Bertz CT molecular complexity index is 751. The Hall–Kier alpha value is -2.08. The van der Waals surface area contributed by atoms with Gasteiger partial charge in [0.25, 0.3) is 0 Å². The summed E-state index contributed by atoms with van der Waals surface area (Å²) in [6.45, 7) is 6.59. The molecule has 0 heterocycles. The second-order valence-electron chi connectivity index (χ2n) is 5.24. The van der Waals surface area contributed by atoms with E-state index in [-0.39, 0.29) is 0 Å². The molecule has 94 valence electrons. The number of benzene rings is 3. The van der Waals surface area contributed by atoms with Crippen LogP contribution in [-0.4, -0.2) is 0 Å². The van der Waals surface area contributed by atoms with Crippen LogP contribution in [0.15, 0.2) is 54.6 Å². The number of rotatable bonds is 1. The smallest absolute Gasteiger partial charge is 0.0152 e. The third-order valence-electron chi connectivity index (χ3n) is 4.12. The lowest BCUT2D eigenvalue weighted by Gasteiger charge is -2.12. The van der Waals surface area contributed by atoms with Gasteiger partial charge in [0.15, 0.2) is 0 Å². The minimum atomic E-state index is 1.30. The molecule has 0 fully saturated rings. The van der Waals surface area contributed by atoms with Crippen LogP contribution in [0.5, 0.6) is 0 Å². The standard InChI is InChI=1S/C19H18/c1-13-8-11-19(15(3)14(13)2)18-10-9-16-6-4-5-7-17(16)12-18/h4-12H,1-3H3. The summed E-state index contributed by atoms with van der Waals surface area (Å²) in [4.78, 5) is 0. The van der Waals surface area contributed by atoms with E-state index < -0.39 is 0 Å². The van der Waals surface area contributed by atoms with E-state index in [1.54, 1.807) is 0 Å². The van der Waals surface area contributed by atoms with Crippen molar-refractivity contribution >= 4 is 10.8 Å². The molecule has 0 saturated carbocycles. The Morgan fingerprint density at radius 2 is 1.37 bits per heavy atom. The zero-order chi connectivity index (χ0) is 13.4. The van der Waals surface area contributed by atoms with Crippen molar-refractivity contribution in [1.29, 1.82) is 0 Å². The summed E-state index contributed by atoms with van der Waals surface area (Å²) in [7, 11) is 0. The Labute approximate surface area is 114 Å². The molecule has 0 spiro atoms. The second-order valence-corrected chi connectivity index (χ2v) is 5.24. The molecule has 3 aromatic rings. The molecule has 0 aromatic heterocycles. The SMILES string of the molecule is Cc1ccc(-c2ccc3ccccc3c2)c(C)c1C. The van der Waals surface area contributed by atoms with Crippen LogP contribution < -0.4 is 0 Å². The Morgan fingerprint density at radius 1 is 0.632 bits per heavy atom. The van der Waals surface area contributed by atoms with Gasteiger partial charge in [-0.2, -0.15) is 0 Å². The third-order valence-corrected chi connectivity index (χ3v) is 4.12. The molecule has 0 N–H and O–H groups in total. The molecule has 3 rings (SSSR count). The van der Waals surface area contributed by atoms with Gasteiger partial charge in [-0.25, -0.2) is 0 Å². The van der Waals surface area contributed by atoms with Crippen LogP contribution in [0.1, 0.15) is 16.7 Å². The van der Waals surface area contributed by atoms with Gasteiger partial charge in [0, 0.05) is 0 Å². The van der Waals surface area contributed by atoms with E-state index in [1.807, 2.05) is 0 Å². The van der Waals surface area contributed by atoms with Crippen LogP contribution in [0.25, 0.3) is 21.9 Å². The van der Waals surface area contributed by atoms with Crippen molar-refractivity contribution in [3.05, 3.63) is 71.3 Å². The molecule has 0 atom stereocenters. The fraction of sp³-hybridized carbons (Fsp3) is 0.158. The van der Waals surface area contributed by atoms with Crippen LogP contribution in [0.3, 0.4) is 0 Å². The molecule has 0 aliphatic rings. The molecule has 0 unspecified atom stereocenters. The van der Waals surface area contributed by atoms with Gasteiger partial charge in [-0.3, -0.25) is 0 Å². The molecule has 0 nitrogen and oxygen atoms in total. The van der Waals surface area contributed by atoms with Gasteiger partial charge in [-0.05, 0) is 65.4 Å². The van der Waals surface area contributed by atoms with Crippen LogP contribution in [-0.2, 0) is 0 Å². The molecular formula is C19H18. The first-order valence-corrected chi connectivity index (χ1v) is 6.73. The number of hydrogen-bond donors (Lipinski definition) is 0. The number of fused-ring (bicyclic) bond motifs is 1. The lowest BCUT2D eigenvalue weighted by atomic mass is 9.93. The monoisotopic (exact) mass is 246 g/mol. The van der Waals surface area contributed by atoms with Gasteiger partial charge in [-0.1, -0.05) is 48.5 Å². The Kier molecular flexibility index (Phi) is 2.87. The molecule has 3 aromatic carbocycles. The van der Waals surface area contributed by atoms with Gasteiger partial charge in [0.1, 0.15) is 0 Å². The minimum Gasteiger partial charge on any atom is -0.0616 e. The molecule has 0 saturated heterocycles. The highest BCUT2D eigenvalue weighted by Crippen LogP contribution is 2.29. The molecule has 0 radical (unpaired) electrons. The van der Waals surface area contributed by atoms with Crippen LogP contribution in [0.2, 0.25) is 0 Å². The molecular weight excluding hydrogens is 228 g/mol. The molecule has 0 amide bonds. The van der Waals surface area contributed by atoms with Crippen molar-refractivity contribution < 1.29 is 0 Å². The first kappa shape index (κ1) is 12.0. The van der Waals surface area contributed by atoms with Gasteiger partial charge in [-0.15, -0.1) is 0 Å². The van der Waals surface area contributed by atoms with E-state index in [1.165, 1.54) is 38.6 Å². The van der Waals surface area contributed by atoms with Crippen LogP contribution in [0, 0.1) is 20.8 Å². The van der Waals surface area contributed by atoms with Gasteiger partial charge in [0.2, 0.25) is 0 Å². The third kappa shape index (κ3) is 2.04. The average molecular weight is 246 g/mol. The highest BCUT2D eigenvalue weighted by atomic mass is 14.1. The fourth-order valence-electron chi connectivity index (χ4n) is 2.63. The second kappa shape index (κ2) is 4.55. The summed E-state index contributed by atoms with van der Waals surface area (Å²) in [6.07, 6.45) is 0. The fourth-order valence-corrected chi connectivity index (χ4v) is 2.63. The Balaban J connectivity index is 2.22. The van der Waals surface area contributed by atoms with Gasteiger partial charge in [0.05, 0.1) is 0 Å². The number of hydrogen-bond acceptors (Lipinski definition) is 0. The van der Waals surface area contributed by atoms with E-state index in [9.17, 15) is 0 Å². The van der Waals surface area contributed by atoms with Crippen LogP contribution >= 0.6 is 0 Å². The van der Waals surface area contributed by atoms with E-state index in [0.29, 0.717) is 0 Å². The first-order chi connectivity index (χ1) is 9.16. The number of aryl methyl sites for hydroxylation is 1. The summed E-state index contributed by atoms with van der Waals surface area (Å²) in [5.41, 5.74) is 6.79. The summed E-state index contributed by atoms with van der Waals surface area (Å²) in [6, 6.07) is 19.7. The molecule has 0 aliphatic carbocycles. The van der Waals surface area contributed by atoms with Crippen LogP contribution in [0.4, 0.5) is 0 Å². The quantitative estimate of drug-likeness (QED) is 0.537. The summed E-state index contributed by atoms with van der Waals surface area (Å²) < 4.78 is 0. The Morgan fingerprint density at radius 3 is 2.16 bits per heavy atom. The largest absolute Gasteiger partial charge is 0.0616 e. The minimum absolute atomic E-state index is 1.30. The average Bonchev–Trinajstić information content (AvgIpc) is 2.44.